The van der Waals surface area contributed by atoms with Gasteiger partial charge in [0.2, 0.25) is 11.8 Å². The molecule has 0 fully saturated rings. The van der Waals surface area contributed by atoms with Gasteiger partial charge in [0.1, 0.15) is 0 Å². The molecule has 2 N–H and O–H groups in total. The fourth-order valence-corrected chi connectivity index (χ4v) is 0.942. The largest absolute Gasteiger partial charge is 0.356 e. The van der Waals surface area contributed by atoms with Crippen LogP contribution in [-0.2, 0) is 11.2 Å². The van der Waals surface area contributed by atoms with E-state index < -0.39 is 0 Å². The number of rotatable bonds is 6. The molecule has 0 aromatic carbocycles. The third-order valence-corrected chi connectivity index (χ3v) is 1.67. The summed E-state index contributed by atoms with van der Waals surface area (Å²) in [4.78, 5) is 14.9. The summed E-state index contributed by atoms with van der Waals surface area (Å²) in [5.41, 5.74) is 0. The van der Waals surface area contributed by atoms with Gasteiger partial charge in [-0.05, 0) is 7.05 Å². The molecule has 0 aliphatic carbocycles. The normalized spacial score (nSPS) is 10.1. The van der Waals surface area contributed by atoms with Crippen molar-refractivity contribution in [3.63, 3.8) is 0 Å². The van der Waals surface area contributed by atoms with Crippen LogP contribution in [0.2, 0.25) is 0 Å². The summed E-state index contributed by atoms with van der Waals surface area (Å²) in [6.07, 6.45) is 2.41. The minimum Gasteiger partial charge on any atom is -0.356 e. The van der Waals surface area contributed by atoms with Crippen molar-refractivity contribution in [1.82, 2.24) is 20.8 Å². The number of nitrogens with zero attached hydrogens (tertiary/aromatic N) is 2. The van der Waals surface area contributed by atoms with Crippen molar-refractivity contribution in [2.24, 2.45) is 0 Å². The van der Waals surface area contributed by atoms with E-state index >= 15 is 0 Å². The van der Waals surface area contributed by atoms with Crippen molar-refractivity contribution < 1.29 is 9.32 Å². The molecule has 1 rings (SSSR count). The van der Waals surface area contributed by atoms with E-state index in [2.05, 4.69) is 20.8 Å². The molecule has 14 heavy (non-hydrogen) atoms. The first kappa shape index (κ1) is 10.6. The van der Waals surface area contributed by atoms with Crippen molar-refractivity contribution in [2.75, 3.05) is 20.1 Å². The highest BCUT2D eigenvalue weighted by molar-refractivity contribution is 5.75. The van der Waals surface area contributed by atoms with Crippen molar-refractivity contribution in [3.8, 4) is 0 Å². The van der Waals surface area contributed by atoms with E-state index in [-0.39, 0.29) is 5.91 Å². The molecule has 78 valence electrons. The van der Waals surface area contributed by atoms with Gasteiger partial charge in [-0.3, -0.25) is 4.79 Å². The van der Waals surface area contributed by atoms with Crippen LogP contribution in [0, 0.1) is 0 Å². The molecule has 1 amide bonds. The number of amides is 1. The van der Waals surface area contributed by atoms with E-state index in [1.807, 2.05) is 7.05 Å². The molecule has 0 radical (unpaired) electrons. The fraction of sp³-hybridized carbons (Fsp3) is 0.625. The van der Waals surface area contributed by atoms with Gasteiger partial charge in [0.15, 0.2) is 6.33 Å². The molecule has 6 heteroatoms. The molecule has 1 heterocycles. The van der Waals surface area contributed by atoms with Gasteiger partial charge in [0.05, 0.1) is 0 Å². The number of nitrogens with one attached hydrogen (secondary N) is 2. The molecule has 0 spiro atoms. The van der Waals surface area contributed by atoms with Gasteiger partial charge in [0, 0.05) is 25.9 Å². The molecule has 0 atom stereocenters. The van der Waals surface area contributed by atoms with E-state index in [1.54, 1.807) is 0 Å². The maximum atomic E-state index is 11.1. The van der Waals surface area contributed by atoms with E-state index in [1.165, 1.54) is 6.33 Å². The number of hydrogen-bond donors (Lipinski definition) is 2. The summed E-state index contributed by atoms with van der Waals surface area (Å²) in [7, 11) is 1.81. The Labute approximate surface area is 82.1 Å². The molecule has 0 saturated heterocycles. The van der Waals surface area contributed by atoms with Gasteiger partial charge in [-0.1, -0.05) is 5.16 Å². The van der Waals surface area contributed by atoms with Crippen LogP contribution < -0.4 is 10.6 Å². The third kappa shape index (κ3) is 3.99. The van der Waals surface area contributed by atoms with Crippen LogP contribution in [0.4, 0.5) is 0 Å². The average molecular weight is 198 g/mol. The second-order valence-electron chi connectivity index (χ2n) is 2.79. The Morgan fingerprint density at radius 3 is 3.07 bits per heavy atom. The molecule has 6 nitrogen and oxygen atoms in total. The lowest BCUT2D eigenvalue weighted by Crippen LogP contribution is -2.28. The first-order chi connectivity index (χ1) is 6.83. The van der Waals surface area contributed by atoms with Crippen LogP contribution in [-0.4, -0.2) is 36.2 Å². The lowest BCUT2D eigenvalue weighted by molar-refractivity contribution is -0.120. The second kappa shape index (κ2) is 6.09. The van der Waals surface area contributed by atoms with Crippen LogP contribution in [0.1, 0.15) is 12.3 Å². The molecule has 0 aliphatic rings. The van der Waals surface area contributed by atoms with Gasteiger partial charge in [0.25, 0.3) is 0 Å². The first-order valence-corrected chi connectivity index (χ1v) is 4.50. The van der Waals surface area contributed by atoms with Gasteiger partial charge in [-0.15, -0.1) is 0 Å². The van der Waals surface area contributed by atoms with Crippen LogP contribution >= 0.6 is 0 Å². The summed E-state index contributed by atoms with van der Waals surface area (Å²) in [6.45, 7) is 1.22. The number of aromatic nitrogens is 2. The Kier molecular flexibility index (Phi) is 4.63. The number of hydrogen-bond acceptors (Lipinski definition) is 5. The summed E-state index contributed by atoms with van der Waals surface area (Å²) in [5, 5.41) is 9.11. The third-order valence-electron chi connectivity index (χ3n) is 1.67. The summed E-state index contributed by atoms with van der Waals surface area (Å²) in [5.74, 6) is 0.567. The van der Waals surface area contributed by atoms with Crippen molar-refractivity contribution in [2.45, 2.75) is 12.8 Å². The Morgan fingerprint density at radius 1 is 1.57 bits per heavy atom. The quantitative estimate of drug-likeness (QED) is 0.634. The van der Waals surface area contributed by atoms with Crippen molar-refractivity contribution in [3.05, 3.63) is 12.2 Å². The molecule has 0 unspecified atom stereocenters. The molecular formula is C8H14N4O2. The minimum atomic E-state index is 0.0267. The summed E-state index contributed by atoms with van der Waals surface area (Å²) in [6, 6.07) is 0. The Hall–Kier alpha value is -1.43. The maximum absolute atomic E-state index is 11.1. The minimum absolute atomic E-state index is 0.0267. The second-order valence-corrected chi connectivity index (χ2v) is 2.79. The van der Waals surface area contributed by atoms with E-state index in [4.69, 9.17) is 4.52 Å². The van der Waals surface area contributed by atoms with Gasteiger partial charge >= 0.3 is 0 Å². The standard InChI is InChI=1S/C8H14N4O2/c1-9-4-2-7(13)10-5-3-8-11-6-12-14-8/h6,9H,2-5H2,1H3,(H,10,13). The zero-order valence-electron chi connectivity index (χ0n) is 8.12. The lowest BCUT2D eigenvalue weighted by atomic mass is 10.3. The van der Waals surface area contributed by atoms with Gasteiger partial charge < -0.3 is 15.2 Å². The number of carbonyl (C=O) groups excluding carboxylic acids is 1. The van der Waals surface area contributed by atoms with E-state index in [0.29, 0.717) is 31.8 Å². The smallest absolute Gasteiger partial charge is 0.228 e. The Morgan fingerprint density at radius 2 is 2.43 bits per heavy atom. The highest BCUT2D eigenvalue weighted by Crippen LogP contribution is 1.90. The molecule has 1 aromatic heterocycles. The molecular weight excluding hydrogens is 184 g/mol. The van der Waals surface area contributed by atoms with Gasteiger partial charge in [-0.2, -0.15) is 4.98 Å². The topological polar surface area (TPSA) is 80.0 Å². The zero-order chi connectivity index (χ0) is 10.2. The molecule has 0 bridgehead atoms. The average Bonchev–Trinajstić information content (AvgIpc) is 2.67. The van der Waals surface area contributed by atoms with Crippen LogP contribution in [0.5, 0.6) is 0 Å². The molecule has 0 aliphatic heterocycles. The van der Waals surface area contributed by atoms with Crippen LogP contribution in [0.25, 0.3) is 0 Å². The summed E-state index contributed by atoms with van der Waals surface area (Å²) >= 11 is 0. The fourth-order valence-electron chi connectivity index (χ4n) is 0.942. The lowest BCUT2D eigenvalue weighted by Gasteiger charge is -2.02. The van der Waals surface area contributed by atoms with E-state index in [9.17, 15) is 4.79 Å². The zero-order valence-corrected chi connectivity index (χ0v) is 8.12. The maximum Gasteiger partial charge on any atom is 0.228 e. The van der Waals surface area contributed by atoms with E-state index in [0.717, 1.165) is 0 Å². The Bertz CT molecular complexity index is 260. The predicted octanol–water partition coefficient (Wildman–Crippen LogP) is -0.662. The molecule has 0 saturated carbocycles. The highest BCUT2D eigenvalue weighted by atomic mass is 16.5. The Balaban J connectivity index is 2.06. The van der Waals surface area contributed by atoms with Crippen molar-refractivity contribution >= 4 is 5.91 Å². The SMILES string of the molecule is CNCCC(=O)NCCc1ncno1. The monoisotopic (exact) mass is 198 g/mol. The van der Waals surface area contributed by atoms with Crippen molar-refractivity contribution in [1.29, 1.82) is 0 Å². The van der Waals surface area contributed by atoms with Crippen LogP contribution in [0.15, 0.2) is 10.9 Å². The van der Waals surface area contributed by atoms with Crippen LogP contribution in [0.3, 0.4) is 0 Å². The predicted molar refractivity (Wildman–Crippen MR) is 49.6 cm³/mol. The highest BCUT2D eigenvalue weighted by Gasteiger charge is 2.01. The van der Waals surface area contributed by atoms with Gasteiger partial charge in [-0.25, -0.2) is 0 Å². The number of carbonyl (C=O) groups is 1. The first-order valence-electron chi connectivity index (χ1n) is 4.50. The molecule has 1 aromatic rings. The summed E-state index contributed by atoms with van der Waals surface area (Å²) < 4.78 is 4.77.